The van der Waals surface area contributed by atoms with Crippen LogP contribution in [0.5, 0.6) is 0 Å². The average molecular weight is 491 g/mol. The molecule has 0 saturated carbocycles. The number of amides is 1. The second-order valence-electron chi connectivity index (χ2n) is 8.23. The number of nitrogens with zero attached hydrogens (tertiary/aromatic N) is 5. The van der Waals surface area contributed by atoms with Crippen molar-refractivity contribution in [3.63, 3.8) is 0 Å². The van der Waals surface area contributed by atoms with Crippen molar-refractivity contribution in [1.29, 1.82) is 0 Å². The first-order valence-corrected chi connectivity index (χ1v) is 10.9. The molecule has 0 fully saturated rings. The van der Waals surface area contributed by atoms with Gasteiger partial charge in [-0.2, -0.15) is 23.3 Å². The maximum Gasteiger partial charge on any atom is 0.416 e. The molecule has 1 amide bonds. The number of fused-ring (bicyclic) bond motifs is 1. The second kappa shape index (κ2) is 8.52. The predicted octanol–water partition coefficient (Wildman–Crippen LogP) is 5.12. The third-order valence-corrected chi connectivity index (χ3v) is 5.71. The van der Waals surface area contributed by atoms with Crippen molar-refractivity contribution in [3.8, 4) is 28.1 Å². The summed E-state index contributed by atoms with van der Waals surface area (Å²) >= 11 is 0. The zero-order valence-corrected chi connectivity index (χ0v) is 19.2. The summed E-state index contributed by atoms with van der Waals surface area (Å²) in [7, 11) is 0. The van der Waals surface area contributed by atoms with E-state index < -0.39 is 11.7 Å². The standard InChI is InChI=1S/C25H20F3N7O/c1-14-20(21-10-11-30-35(21)19-8-6-18(29)7-9-19)13-34-23(32-24(33-34)31-15(2)36)22(14)16-4-3-5-17(12-16)25(26,27)28/h3-13H,29H2,1-2H3,(H,31,33,36). The van der Waals surface area contributed by atoms with Crippen LogP contribution >= 0.6 is 0 Å². The summed E-state index contributed by atoms with van der Waals surface area (Å²) in [5.41, 5.74) is 9.48. The van der Waals surface area contributed by atoms with Crippen molar-refractivity contribution in [2.24, 2.45) is 0 Å². The van der Waals surface area contributed by atoms with Crippen molar-refractivity contribution >= 4 is 23.2 Å². The van der Waals surface area contributed by atoms with Crippen molar-refractivity contribution in [2.45, 2.75) is 20.0 Å². The van der Waals surface area contributed by atoms with E-state index in [9.17, 15) is 18.0 Å². The lowest BCUT2D eigenvalue weighted by molar-refractivity contribution is -0.137. The number of pyridine rings is 1. The summed E-state index contributed by atoms with van der Waals surface area (Å²) < 4.78 is 43.7. The van der Waals surface area contributed by atoms with Gasteiger partial charge in [-0.3, -0.25) is 10.1 Å². The van der Waals surface area contributed by atoms with Crippen LogP contribution in [0.3, 0.4) is 0 Å². The molecular weight excluding hydrogens is 471 g/mol. The molecule has 36 heavy (non-hydrogen) atoms. The summed E-state index contributed by atoms with van der Waals surface area (Å²) in [6.45, 7) is 3.12. The van der Waals surface area contributed by atoms with Crippen LogP contribution in [0, 0.1) is 6.92 Å². The van der Waals surface area contributed by atoms with Gasteiger partial charge in [0.2, 0.25) is 11.9 Å². The zero-order chi connectivity index (χ0) is 25.6. The molecule has 0 bridgehead atoms. The fourth-order valence-electron chi connectivity index (χ4n) is 4.10. The highest BCUT2D eigenvalue weighted by Gasteiger charge is 2.31. The molecular formula is C25H20F3N7O. The molecule has 0 saturated heterocycles. The van der Waals surface area contributed by atoms with E-state index in [2.05, 4.69) is 20.5 Å². The summed E-state index contributed by atoms with van der Waals surface area (Å²) in [4.78, 5) is 16.0. The molecule has 0 aliphatic carbocycles. The Kier molecular flexibility index (Phi) is 5.47. The molecule has 0 aliphatic heterocycles. The molecule has 3 N–H and O–H groups in total. The highest BCUT2D eigenvalue weighted by atomic mass is 19.4. The number of halogens is 3. The first-order valence-electron chi connectivity index (χ1n) is 10.9. The fourth-order valence-corrected chi connectivity index (χ4v) is 4.10. The van der Waals surface area contributed by atoms with Crippen LogP contribution in [0.15, 0.2) is 67.0 Å². The SMILES string of the molecule is CC(=O)Nc1nc2c(-c3cccc(C(F)(F)F)c3)c(C)c(-c3ccnn3-c3ccc(N)cc3)cn2n1. The quantitative estimate of drug-likeness (QED) is 0.340. The number of benzene rings is 2. The van der Waals surface area contributed by atoms with Gasteiger partial charge in [-0.05, 0) is 60.5 Å². The minimum atomic E-state index is -4.51. The first kappa shape index (κ1) is 23.1. The van der Waals surface area contributed by atoms with Gasteiger partial charge in [0, 0.05) is 29.9 Å². The van der Waals surface area contributed by atoms with Gasteiger partial charge in [0.05, 0.1) is 23.1 Å². The lowest BCUT2D eigenvalue weighted by Gasteiger charge is -2.16. The number of rotatable bonds is 4. The van der Waals surface area contributed by atoms with Crippen LogP contribution in [-0.2, 0) is 11.0 Å². The number of carbonyl (C=O) groups excluding carboxylic acids is 1. The van der Waals surface area contributed by atoms with E-state index in [0.29, 0.717) is 39.3 Å². The van der Waals surface area contributed by atoms with Gasteiger partial charge < -0.3 is 5.73 Å². The molecule has 5 aromatic rings. The largest absolute Gasteiger partial charge is 0.416 e. The van der Waals surface area contributed by atoms with E-state index in [1.54, 1.807) is 48.3 Å². The normalized spacial score (nSPS) is 11.7. The number of hydrogen-bond donors (Lipinski definition) is 2. The van der Waals surface area contributed by atoms with Crippen molar-refractivity contribution in [2.75, 3.05) is 11.1 Å². The molecule has 11 heteroatoms. The van der Waals surface area contributed by atoms with Gasteiger partial charge in [0.1, 0.15) is 0 Å². The summed E-state index contributed by atoms with van der Waals surface area (Å²) in [6, 6.07) is 14.0. The Hall–Kier alpha value is -4.67. The third kappa shape index (κ3) is 4.15. The molecule has 0 atom stereocenters. The Morgan fingerprint density at radius 1 is 1.08 bits per heavy atom. The van der Waals surface area contributed by atoms with E-state index in [1.807, 2.05) is 12.1 Å². The zero-order valence-electron chi connectivity index (χ0n) is 19.2. The van der Waals surface area contributed by atoms with Gasteiger partial charge in [0.15, 0.2) is 5.65 Å². The smallest absolute Gasteiger partial charge is 0.399 e. The van der Waals surface area contributed by atoms with Gasteiger partial charge in [-0.25, -0.2) is 9.20 Å². The molecule has 3 heterocycles. The van der Waals surface area contributed by atoms with Gasteiger partial charge >= 0.3 is 6.18 Å². The number of nitrogens with two attached hydrogens (primary N) is 1. The summed E-state index contributed by atoms with van der Waals surface area (Å²) in [5.74, 6) is -0.329. The fraction of sp³-hybridized carbons (Fsp3) is 0.120. The summed E-state index contributed by atoms with van der Waals surface area (Å²) in [6.07, 6.45) is -1.17. The Morgan fingerprint density at radius 2 is 1.83 bits per heavy atom. The Labute approximate surface area is 203 Å². The van der Waals surface area contributed by atoms with Crippen LogP contribution in [0.1, 0.15) is 18.1 Å². The molecule has 3 aromatic heterocycles. The van der Waals surface area contributed by atoms with E-state index in [1.165, 1.54) is 17.5 Å². The lowest BCUT2D eigenvalue weighted by atomic mass is 9.95. The molecule has 0 radical (unpaired) electrons. The molecule has 5 rings (SSSR count). The minimum Gasteiger partial charge on any atom is -0.399 e. The summed E-state index contributed by atoms with van der Waals surface area (Å²) in [5, 5.41) is 11.3. The van der Waals surface area contributed by atoms with Gasteiger partial charge in [-0.1, -0.05) is 12.1 Å². The molecule has 182 valence electrons. The van der Waals surface area contributed by atoms with Crippen LogP contribution < -0.4 is 11.1 Å². The minimum absolute atomic E-state index is 0.0410. The molecule has 0 unspecified atom stereocenters. The van der Waals surface area contributed by atoms with Crippen LogP contribution in [0.2, 0.25) is 0 Å². The van der Waals surface area contributed by atoms with Crippen molar-refractivity contribution < 1.29 is 18.0 Å². The Morgan fingerprint density at radius 3 is 2.53 bits per heavy atom. The lowest BCUT2D eigenvalue weighted by Crippen LogP contribution is -2.07. The topological polar surface area (TPSA) is 103 Å². The third-order valence-electron chi connectivity index (χ3n) is 5.71. The van der Waals surface area contributed by atoms with E-state index in [-0.39, 0.29) is 11.9 Å². The maximum atomic E-state index is 13.5. The average Bonchev–Trinajstić information content (AvgIpc) is 3.45. The molecule has 2 aromatic carbocycles. The van der Waals surface area contributed by atoms with Crippen LogP contribution in [0.4, 0.5) is 24.8 Å². The number of aromatic nitrogens is 5. The van der Waals surface area contributed by atoms with Crippen LogP contribution in [-0.4, -0.2) is 30.3 Å². The molecule has 0 aliphatic rings. The molecule has 8 nitrogen and oxygen atoms in total. The van der Waals surface area contributed by atoms with Crippen molar-refractivity contribution in [1.82, 2.24) is 24.4 Å². The Bertz CT molecular complexity index is 1600. The second-order valence-corrected chi connectivity index (χ2v) is 8.23. The number of hydrogen-bond acceptors (Lipinski definition) is 5. The van der Waals surface area contributed by atoms with E-state index in [0.717, 1.165) is 17.8 Å². The number of nitrogen functional groups attached to an aromatic ring is 1. The number of carbonyl (C=O) groups is 1. The Balaban J connectivity index is 1.78. The van der Waals surface area contributed by atoms with Crippen LogP contribution in [0.25, 0.3) is 33.7 Å². The predicted molar refractivity (Wildman–Crippen MR) is 129 cm³/mol. The maximum absolute atomic E-state index is 13.5. The van der Waals surface area contributed by atoms with Crippen molar-refractivity contribution in [3.05, 3.63) is 78.1 Å². The van der Waals surface area contributed by atoms with Gasteiger partial charge in [-0.15, -0.1) is 5.10 Å². The highest BCUT2D eigenvalue weighted by Crippen LogP contribution is 2.38. The van der Waals surface area contributed by atoms with E-state index in [4.69, 9.17) is 5.73 Å². The van der Waals surface area contributed by atoms with Gasteiger partial charge in [0.25, 0.3) is 0 Å². The monoisotopic (exact) mass is 491 g/mol. The highest BCUT2D eigenvalue weighted by molar-refractivity contribution is 5.89. The number of alkyl halides is 3. The number of anilines is 2. The first-order chi connectivity index (χ1) is 17.1. The van der Waals surface area contributed by atoms with E-state index >= 15 is 0 Å². The number of nitrogens with one attached hydrogen (secondary N) is 1. The molecule has 0 spiro atoms.